The predicted molar refractivity (Wildman–Crippen MR) is 114 cm³/mol. The number of morpholine rings is 1. The minimum atomic E-state index is -4.66. The average Bonchev–Trinajstić information content (AvgIpc) is 3.13. The number of hydrogen-bond acceptors (Lipinski definition) is 7. The maximum Gasteiger partial charge on any atom is 0.433 e. The van der Waals surface area contributed by atoms with Crippen LogP contribution in [0.2, 0.25) is 0 Å². The predicted octanol–water partition coefficient (Wildman–Crippen LogP) is 2.80. The summed E-state index contributed by atoms with van der Waals surface area (Å²) >= 11 is 0. The average molecular weight is 462 g/mol. The Morgan fingerprint density at radius 1 is 1.27 bits per heavy atom. The van der Waals surface area contributed by atoms with Gasteiger partial charge in [0.15, 0.2) is 0 Å². The van der Waals surface area contributed by atoms with Gasteiger partial charge in [-0.1, -0.05) is 6.07 Å². The molecule has 4 rings (SSSR count). The molecular formula is C22H21F3N4O4. The molecule has 0 unspecified atom stereocenters. The van der Waals surface area contributed by atoms with Crippen LogP contribution >= 0.6 is 0 Å². The number of carbonyl (C=O) groups is 2. The van der Waals surface area contributed by atoms with Crippen LogP contribution in [0.25, 0.3) is 0 Å². The second-order valence-electron chi connectivity index (χ2n) is 7.45. The molecule has 1 saturated heterocycles. The van der Waals surface area contributed by atoms with Crippen molar-refractivity contribution in [1.82, 2.24) is 4.98 Å². The number of aliphatic hydroxyl groups is 1. The number of anilines is 3. The second kappa shape index (κ2) is 9.20. The van der Waals surface area contributed by atoms with Gasteiger partial charge in [-0.15, -0.1) is 0 Å². The van der Waals surface area contributed by atoms with Gasteiger partial charge in [0.2, 0.25) is 5.78 Å². The quantitative estimate of drug-likeness (QED) is 0.504. The molecule has 0 saturated carbocycles. The number of alkyl halides is 3. The molecule has 1 amide bonds. The molecule has 0 aliphatic carbocycles. The Labute approximate surface area is 187 Å². The first-order valence-electron chi connectivity index (χ1n) is 10.3. The first-order chi connectivity index (χ1) is 15.8. The fourth-order valence-electron chi connectivity index (χ4n) is 3.67. The summed E-state index contributed by atoms with van der Waals surface area (Å²) in [4.78, 5) is 31.7. The van der Waals surface area contributed by atoms with Gasteiger partial charge in [0.25, 0.3) is 5.91 Å². The Bertz CT molecular complexity index is 1100. The molecule has 33 heavy (non-hydrogen) atoms. The summed E-state index contributed by atoms with van der Waals surface area (Å²) in [6.07, 6.45) is -3.08. The van der Waals surface area contributed by atoms with Crippen LogP contribution in [-0.4, -0.2) is 54.7 Å². The standard InChI is InChI=1S/C22H21F3N4O4/c23-22(24,25)19-4-1-3-15(26-19)18(31)12-20-27-16-11-14(28-8-10-33-13-21(28)32)5-6-17(16)29(20)7-2-9-30/h1,3-6,11-12,27,30H,2,7-10,13H2/b20-12+. The third-order valence-corrected chi connectivity index (χ3v) is 5.22. The minimum absolute atomic E-state index is 0.00319. The Kier molecular flexibility index (Phi) is 6.34. The first-order valence-corrected chi connectivity index (χ1v) is 10.3. The maximum atomic E-state index is 13.0. The molecule has 0 spiro atoms. The Morgan fingerprint density at radius 2 is 2.09 bits per heavy atom. The Hall–Kier alpha value is -3.44. The first kappa shape index (κ1) is 22.7. The van der Waals surface area contributed by atoms with Crippen molar-refractivity contribution in [2.24, 2.45) is 0 Å². The lowest BCUT2D eigenvalue weighted by Gasteiger charge is -2.27. The molecule has 2 aliphatic heterocycles. The summed E-state index contributed by atoms with van der Waals surface area (Å²) in [5, 5.41) is 12.4. The number of allylic oxidation sites excluding steroid dienone is 1. The molecule has 174 valence electrons. The lowest BCUT2D eigenvalue weighted by atomic mass is 10.2. The summed E-state index contributed by atoms with van der Waals surface area (Å²) < 4.78 is 44.1. The lowest BCUT2D eigenvalue weighted by molar-refractivity contribution is -0.141. The van der Waals surface area contributed by atoms with E-state index in [1.807, 2.05) is 0 Å². The highest BCUT2D eigenvalue weighted by atomic mass is 19.4. The molecule has 0 radical (unpaired) electrons. The highest BCUT2D eigenvalue weighted by molar-refractivity contribution is 6.05. The molecule has 3 heterocycles. The number of nitrogens with one attached hydrogen (secondary N) is 1. The van der Waals surface area contributed by atoms with Crippen LogP contribution in [-0.2, 0) is 15.7 Å². The van der Waals surface area contributed by atoms with Crippen molar-refractivity contribution in [3.8, 4) is 0 Å². The van der Waals surface area contributed by atoms with Gasteiger partial charge in [0.1, 0.15) is 23.8 Å². The van der Waals surface area contributed by atoms with Crippen molar-refractivity contribution in [3.63, 3.8) is 0 Å². The van der Waals surface area contributed by atoms with Crippen LogP contribution in [0.5, 0.6) is 0 Å². The molecule has 1 aromatic carbocycles. The van der Waals surface area contributed by atoms with Crippen molar-refractivity contribution in [2.45, 2.75) is 12.6 Å². The fraction of sp³-hybridized carbons (Fsp3) is 0.318. The van der Waals surface area contributed by atoms with Crippen LogP contribution in [0.1, 0.15) is 22.6 Å². The highest BCUT2D eigenvalue weighted by Gasteiger charge is 2.33. The van der Waals surface area contributed by atoms with Crippen molar-refractivity contribution < 1.29 is 32.6 Å². The molecule has 2 N–H and O–H groups in total. The normalized spacial score (nSPS) is 17.3. The van der Waals surface area contributed by atoms with E-state index in [-0.39, 0.29) is 24.8 Å². The van der Waals surface area contributed by atoms with Gasteiger partial charge < -0.3 is 25.0 Å². The number of benzene rings is 1. The van der Waals surface area contributed by atoms with E-state index >= 15 is 0 Å². The molecule has 1 aromatic heterocycles. The number of aromatic nitrogens is 1. The SMILES string of the molecule is O=C(/C=C1\Nc2cc(N3CCOCC3=O)ccc2N1CCCO)c1cccc(C(F)(F)F)n1. The second-order valence-corrected chi connectivity index (χ2v) is 7.45. The van der Waals surface area contributed by atoms with E-state index in [1.54, 1.807) is 28.0 Å². The Balaban J connectivity index is 1.63. The van der Waals surface area contributed by atoms with Crippen LogP contribution in [0.3, 0.4) is 0 Å². The summed E-state index contributed by atoms with van der Waals surface area (Å²) in [6.45, 7) is 1.11. The van der Waals surface area contributed by atoms with Gasteiger partial charge in [-0.3, -0.25) is 9.59 Å². The number of nitrogens with zero attached hydrogens (tertiary/aromatic N) is 3. The number of carbonyl (C=O) groups excluding carboxylic acids is 2. The van der Waals surface area contributed by atoms with E-state index in [0.717, 1.165) is 12.1 Å². The maximum absolute atomic E-state index is 13.0. The Morgan fingerprint density at radius 3 is 2.82 bits per heavy atom. The summed E-state index contributed by atoms with van der Waals surface area (Å²) in [7, 11) is 0. The van der Waals surface area contributed by atoms with Gasteiger partial charge in [-0.2, -0.15) is 13.2 Å². The van der Waals surface area contributed by atoms with E-state index in [2.05, 4.69) is 10.3 Å². The summed E-state index contributed by atoms with van der Waals surface area (Å²) in [6, 6.07) is 8.47. The molecule has 0 atom stereocenters. The van der Waals surface area contributed by atoms with Crippen LogP contribution in [0, 0.1) is 0 Å². The molecule has 2 aromatic rings. The number of aliphatic hydroxyl groups excluding tert-OH is 1. The van der Waals surface area contributed by atoms with Gasteiger partial charge in [-0.25, -0.2) is 4.98 Å². The monoisotopic (exact) mass is 462 g/mol. The number of hydrogen-bond donors (Lipinski definition) is 2. The number of amides is 1. The number of fused-ring (bicyclic) bond motifs is 1. The van der Waals surface area contributed by atoms with E-state index < -0.39 is 17.7 Å². The van der Waals surface area contributed by atoms with E-state index in [0.29, 0.717) is 49.0 Å². The molecule has 2 aliphatic rings. The lowest BCUT2D eigenvalue weighted by Crippen LogP contribution is -2.41. The smallest absolute Gasteiger partial charge is 0.396 e. The number of ketones is 1. The van der Waals surface area contributed by atoms with Gasteiger partial charge in [0, 0.05) is 31.5 Å². The van der Waals surface area contributed by atoms with Crippen molar-refractivity contribution in [3.05, 3.63) is 59.7 Å². The van der Waals surface area contributed by atoms with Gasteiger partial charge in [-0.05, 0) is 36.8 Å². The number of rotatable bonds is 6. The fourth-order valence-corrected chi connectivity index (χ4v) is 3.67. The topological polar surface area (TPSA) is 95.0 Å². The van der Waals surface area contributed by atoms with Crippen molar-refractivity contribution >= 4 is 28.8 Å². The van der Waals surface area contributed by atoms with Crippen molar-refractivity contribution in [1.29, 1.82) is 0 Å². The van der Waals surface area contributed by atoms with Crippen molar-refractivity contribution in [2.75, 3.05) is 48.0 Å². The molecule has 8 nitrogen and oxygen atoms in total. The molecule has 1 fully saturated rings. The summed E-state index contributed by atoms with van der Waals surface area (Å²) in [5.41, 5.74) is 0.511. The molecule has 0 bridgehead atoms. The van der Waals surface area contributed by atoms with E-state index in [4.69, 9.17) is 4.74 Å². The number of ether oxygens (including phenoxy) is 1. The largest absolute Gasteiger partial charge is 0.433 e. The number of halogens is 3. The zero-order chi connectivity index (χ0) is 23.6. The highest BCUT2D eigenvalue weighted by Crippen LogP contribution is 2.39. The van der Waals surface area contributed by atoms with Crippen LogP contribution in [0.15, 0.2) is 48.3 Å². The van der Waals surface area contributed by atoms with E-state index in [9.17, 15) is 27.9 Å². The third kappa shape index (κ3) is 4.83. The zero-order valence-electron chi connectivity index (χ0n) is 17.4. The molecular weight excluding hydrogens is 441 g/mol. The number of pyridine rings is 1. The zero-order valence-corrected chi connectivity index (χ0v) is 17.4. The third-order valence-electron chi connectivity index (χ3n) is 5.22. The molecule has 11 heteroatoms. The van der Waals surface area contributed by atoms with Crippen LogP contribution in [0.4, 0.5) is 30.2 Å². The van der Waals surface area contributed by atoms with E-state index in [1.165, 1.54) is 12.1 Å². The summed E-state index contributed by atoms with van der Waals surface area (Å²) in [5.74, 6) is -0.528. The minimum Gasteiger partial charge on any atom is -0.396 e. The van der Waals surface area contributed by atoms with Gasteiger partial charge >= 0.3 is 6.18 Å². The van der Waals surface area contributed by atoms with Crippen LogP contribution < -0.4 is 15.1 Å². The van der Waals surface area contributed by atoms with Gasteiger partial charge in [0.05, 0.1) is 18.0 Å².